The molecule has 208 valence electrons. The van der Waals surface area contributed by atoms with Gasteiger partial charge in [0.1, 0.15) is 11.5 Å². The molecule has 8 heteroatoms. The second-order valence-corrected chi connectivity index (χ2v) is 10.9. The van der Waals surface area contributed by atoms with Crippen molar-refractivity contribution in [1.29, 1.82) is 0 Å². The van der Waals surface area contributed by atoms with E-state index >= 15 is 0 Å². The van der Waals surface area contributed by atoms with Crippen molar-refractivity contribution in [2.24, 2.45) is 0 Å². The van der Waals surface area contributed by atoms with Crippen LogP contribution in [0.3, 0.4) is 0 Å². The van der Waals surface area contributed by atoms with Crippen LogP contribution < -0.4 is 4.90 Å². The Morgan fingerprint density at radius 3 is 2.46 bits per heavy atom. The number of ether oxygens (including phenoxy) is 1. The van der Waals surface area contributed by atoms with Gasteiger partial charge in [-0.15, -0.1) is 0 Å². The number of rotatable bonds is 6. The second kappa shape index (κ2) is 11.3. The molecule has 0 atom stereocenters. The number of esters is 1. The normalized spacial score (nSPS) is 13.9. The number of fused-ring (bicyclic) bond motifs is 2. The highest BCUT2D eigenvalue weighted by Gasteiger charge is 2.24. The minimum absolute atomic E-state index is 0.199. The molecule has 0 aliphatic heterocycles. The molecule has 0 spiro atoms. The monoisotopic (exact) mass is 566 g/mol. The topological polar surface area (TPSA) is 77.3 Å². The van der Waals surface area contributed by atoms with Gasteiger partial charge in [-0.3, -0.25) is 4.79 Å². The molecular formula is C33H31ClN4O3. The van der Waals surface area contributed by atoms with Crippen LogP contribution in [0.1, 0.15) is 65.9 Å². The van der Waals surface area contributed by atoms with E-state index in [1.54, 1.807) is 37.1 Å². The lowest BCUT2D eigenvalue weighted by Crippen LogP contribution is -2.27. The number of aromatic nitrogens is 3. The third-order valence-electron chi connectivity index (χ3n) is 7.83. The summed E-state index contributed by atoms with van der Waals surface area (Å²) in [5, 5.41) is 1.54. The van der Waals surface area contributed by atoms with Gasteiger partial charge in [-0.1, -0.05) is 36.9 Å². The van der Waals surface area contributed by atoms with Crippen molar-refractivity contribution in [2.75, 3.05) is 18.6 Å². The van der Waals surface area contributed by atoms with Crippen LogP contribution in [0.4, 0.5) is 5.69 Å². The first kappa shape index (κ1) is 27.0. The lowest BCUT2D eigenvalue weighted by Gasteiger charge is -2.25. The molecule has 2 aromatic heterocycles. The fraction of sp³-hybridized carbons (Fsp3) is 0.273. The van der Waals surface area contributed by atoms with E-state index in [9.17, 15) is 9.59 Å². The molecule has 0 N–H and O–H groups in total. The van der Waals surface area contributed by atoms with Crippen molar-refractivity contribution in [2.45, 2.75) is 45.1 Å². The fourth-order valence-electron chi connectivity index (χ4n) is 5.69. The fourth-order valence-corrected chi connectivity index (χ4v) is 5.82. The smallest absolute Gasteiger partial charge is 0.338 e. The van der Waals surface area contributed by atoms with Gasteiger partial charge in [0.2, 0.25) is 0 Å². The van der Waals surface area contributed by atoms with Crippen LogP contribution in [0.25, 0.3) is 33.3 Å². The van der Waals surface area contributed by atoms with Gasteiger partial charge in [0.05, 0.1) is 28.7 Å². The summed E-state index contributed by atoms with van der Waals surface area (Å²) in [6, 6.07) is 22.8. The summed E-state index contributed by atoms with van der Waals surface area (Å²) >= 11 is 6.00. The Morgan fingerprint density at radius 2 is 1.71 bits per heavy atom. The van der Waals surface area contributed by atoms with Crippen LogP contribution in [0.15, 0.2) is 72.8 Å². The van der Waals surface area contributed by atoms with Gasteiger partial charge >= 0.3 is 5.97 Å². The number of pyridine rings is 1. The zero-order chi connectivity index (χ0) is 28.5. The van der Waals surface area contributed by atoms with Crippen LogP contribution in [-0.4, -0.2) is 40.1 Å². The van der Waals surface area contributed by atoms with Crippen molar-refractivity contribution in [3.8, 4) is 11.4 Å². The highest BCUT2D eigenvalue weighted by Crippen LogP contribution is 2.37. The molecule has 0 radical (unpaired) electrons. The van der Waals surface area contributed by atoms with Crippen LogP contribution in [0, 0.1) is 0 Å². The Bertz CT molecular complexity index is 1760. The predicted octanol–water partition coefficient (Wildman–Crippen LogP) is 7.86. The number of halogens is 1. The van der Waals surface area contributed by atoms with Gasteiger partial charge in [0.15, 0.2) is 0 Å². The summed E-state index contributed by atoms with van der Waals surface area (Å²) in [4.78, 5) is 36.9. The van der Waals surface area contributed by atoms with E-state index in [4.69, 9.17) is 21.3 Å². The molecule has 1 aliphatic carbocycles. The summed E-state index contributed by atoms with van der Waals surface area (Å²) in [7, 11) is 1.73. The van der Waals surface area contributed by atoms with Crippen LogP contribution >= 0.6 is 11.6 Å². The lowest BCUT2D eigenvalue weighted by molar-refractivity contribution is 0.0526. The number of carbonyl (C=O) groups excluding carboxylic acids is 2. The predicted molar refractivity (Wildman–Crippen MR) is 163 cm³/mol. The number of hydrogen-bond acceptors (Lipinski definition) is 5. The van der Waals surface area contributed by atoms with Gasteiger partial charge in [-0.05, 0) is 86.5 Å². The molecule has 3 aromatic carbocycles. The van der Waals surface area contributed by atoms with Gasteiger partial charge < -0.3 is 14.2 Å². The quantitative estimate of drug-likeness (QED) is 0.195. The van der Waals surface area contributed by atoms with Crippen LogP contribution in [0.5, 0.6) is 0 Å². The molecule has 1 fully saturated rings. The number of amides is 1. The van der Waals surface area contributed by atoms with Gasteiger partial charge in [-0.2, -0.15) is 0 Å². The number of imidazole rings is 1. The Labute approximate surface area is 243 Å². The minimum atomic E-state index is -0.341. The minimum Gasteiger partial charge on any atom is -0.462 e. The number of hydrogen-bond donors (Lipinski definition) is 0. The molecule has 1 aliphatic rings. The van der Waals surface area contributed by atoms with Gasteiger partial charge in [-0.25, -0.2) is 14.8 Å². The van der Waals surface area contributed by atoms with Gasteiger partial charge in [0.25, 0.3) is 5.91 Å². The summed E-state index contributed by atoms with van der Waals surface area (Å²) < 4.78 is 7.57. The van der Waals surface area contributed by atoms with E-state index in [1.165, 1.54) is 19.3 Å². The van der Waals surface area contributed by atoms with Crippen molar-refractivity contribution in [3.05, 3.63) is 89.1 Å². The third-order valence-corrected chi connectivity index (χ3v) is 8.08. The van der Waals surface area contributed by atoms with E-state index < -0.39 is 0 Å². The Kier molecular flexibility index (Phi) is 7.45. The number of nitrogens with zero attached hydrogens (tertiary/aromatic N) is 4. The van der Waals surface area contributed by atoms with Crippen molar-refractivity contribution >= 4 is 51.1 Å². The maximum Gasteiger partial charge on any atom is 0.338 e. The van der Waals surface area contributed by atoms with Crippen molar-refractivity contribution < 1.29 is 14.3 Å². The zero-order valence-electron chi connectivity index (χ0n) is 23.1. The second-order valence-electron chi connectivity index (χ2n) is 10.5. The Morgan fingerprint density at radius 1 is 0.927 bits per heavy atom. The first-order chi connectivity index (χ1) is 19.9. The SMILES string of the molecule is CCOC(=O)c1ccc2c(c1)nc(-c1ccc3nc(C(=O)N(C)c4ccc(Cl)cc4)ccc3c1)n2C1CCCCC1. The highest BCUT2D eigenvalue weighted by atomic mass is 35.5. The lowest BCUT2D eigenvalue weighted by atomic mass is 9.94. The molecular weight excluding hydrogens is 536 g/mol. The Balaban J connectivity index is 1.38. The molecule has 1 amide bonds. The average molecular weight is 567 g/mol. The summed E-state index contributed by atoms with van der Waals surface area (Å²) in [6.07, 6.45) is 5.82. The molecule has 7 nitrogen and oxygen atoms in total. The largest absolute Gasteiger partial charge is 0.462 e. The average Bonchev–Trinajstić information content (AvgIpc) is 3.39. The molecule has 2 heterocycles. The molecule has 41 heavy (non-hydrogen) atoms. The molecule has 0 bridgehead atoms. The standard InChI is InChI=1S/C33H31ClN4O3/c1-3-41-33(40)23-11-18-30-29(20-23)36-31(38(30)26-7-5-4-6-8-26)22-10-16-27-21(19-22)9-17-28(35-27)32(39)37(2)25-14-12-24(34)13-15-25/h9-20,26H,3-8H2,1-2H3. The Hall–Kier alpha value is -4.23. The van der Waals surface area contributed by atoms with Gasteiger partial charge in [0, 0.05) is 34.7 Å². The number of anilines is 1. The van der Waals surface area contributed by atoms with E-state index in [0.717, 1.165) is 51.9 Å². The molecule has 0 unspecified atom stereocenters. The van der Waals surface area contributed by atoms with Crippen LogP contribution in [0.2, 0.25) is 5.02 Å². The van der Waals surface area contributed by atoms with Crippen LogP contribution in [-0.2, 0) is 4.74 Å². The maximum absolute atomic E-state index is 13.2. The zero-order valence-corrected chi connectivity index (χ0v) is 23.9. The summed E-state index contributed by atoms with van der Waals surface area (Å²) in [5.41, 5.74) is 5.10. The molecule has 0 saturated heterocycles. The molecule has 1 saturated carbocycles. The van der Waals surface area contributed by atoms with E-state index in [0.29, 0.717) is 28.9 Å². The van der Waals surface area contributed by atoms with Crippen molar-refractivity contribution in [1.82, 2.24) is 14.5 Å². The molecule has 5 aromatic rings. The summed E-state index contributed by atoms with van der Waals surface area (Å²) in [5.74, 6) is 0.333. The first-order valence-corrected chi connectivity index (χ1v) is 14.4. The first-order valence-electron chi connectivity index (χ1n) is 14.1. The van der Waals surface area contributed by atoms with E-state index in [2.05, 4.69) is 15.6 Å². The van der Waals surface area contributed by atoms with Crippen molar-refractivity contribution in [3.63, 3.8) is 0 Å². The molecule has 6 rings (SSSR count). The number of carbonyl (C=O) groups is 2. The van der Waals surface area contributed by atoms with E-state index in [-0.39, 0.29) is 11.9 Å². The summed E-state index contributed by atoms with van der Waals surface area (Å²) in [6.45, 7) is 2.13. The highest BCUT2D eigenvalue weighted by molar-refractivity contribution is 6.30. The van der Waals surface area contributed by atoms with E-state index in [1.807, 2.05) is 48.5 Å². The maximum atomic E-state index is 13.2. The number of benzene rings is 3. The third kappa shape index (κ3) is 5.30.